The fraction of sp³-hybridized carbons (Fsp3) is 0.640. The third-order valence-corrected chi connectivity index (χ3v) is 7.65. The Kier molecular flexibility index (Phi) is 5.49. The lowest BCUT2D eigenvalue weighted by Crippen LogP contribution is -2.61. The van der Waals surface area contributed by atoms with Gasteiger partial charge in [-0.3, -0.25) is 9.80 Å². The van der Waals surface area contributed by atoms with Crippen molar-refractivity contribution in [3.63, 3.8) is 0 Å². The van der Waals surface area contributed by atoms with Crippen LogP contribution in [0.1, 0.15) is 55.4 Å². The second-order valence-electron chi connectivity index (χ2n) is 9.70. The van der Waals surface area contributed by atoms with Gasteiger partial charge in [-0.2, -0.15) is 0 Å². The lowest BCUT2D eigenvalue weighted by molar-refractivity contribution is -0.0580. The Hall–Kier alpha value is -1.65. The van der Waals surface area contributed by atoms with Gasteiger partial charge in [-0.1, -0.05) is 43.7 Å². The molecule has 0 unspecified atom stereocenters. The van der Waals surface area contributed by atoms with Gasteiger partial charge in [0.25, 0.3) is 0 Å². The molecule has 0 spiro atoms. The number of fused-ring (bicyclic) bond motifs is 4. The summed E-state index contributed by atoms with van der Waals surface area (Å²) in [5.41, 5.74) is 4.04. The summed E-state index contributed by atoms with van der Waals surface area (Å²) in [5, 5.41) is 0. The van der Waals surface area contributed by atoms with Gasteiger partial charge in [-0.15, -0.1) is 0 Å². The molecular formula is C25H36N4. The second-order valence-corrected chi connectivity index (χ2v) is 9.70. The van der Waals surface area contributed by atoms with Gasteiger partial charge in [0.2, 0.25) is 0 Å². The molecule has 3 aliphatic rings. The number of hydrogen-bond donors (Lipinski definition) is 1. The van der Waals surface area contributed by atoms with E-state index >= 15 is 0 Å². The quantitative estimate of drug-likeness (QED) is 0.828. The fourth-order valence-corrected chi connectivity index (χ4v) is 6.34. The molecule has 0 aliphatic carbocycles. The van der Waals surface area contributed by atoms with E-state index in [9.17, 15) is 0 Å². The first-order valence-corrected chi connectivity index (χ1v) is 11.8. The molecule has 29 heavy (non-hydrogen) atoms. The predicted molar refractivity (Wildman–Crippen MR) is 118 cm³/mol. The molecule has 4 atom stereocenters. The van der Waals surface area contributed by atoms with E-state index < -0.39 is 0 Å². The van der Waals surface area contributed by atoms with Crippen molar-refractivity contribution in [1.29, 1.82) is 0 Å². The fourth-order valence-electron chi connectivity index (χ4n) is 6.34. The molecule has 3 saturated heterocycles. The van der Waals surface area contributed by atoms with E-state index in [-0.39, 0.29) is 0 Å². The van der Waals surface area contributed by atoms with E-state index in [1.807, 2.05) is 0 Å². The monoisotopic (exact) mass is 392 g/mol. The Labute approximate surface area is 175 Å². The first kappa shape index (κ1) is 19.3. The number of benzene rings is 1. The molecule has 0 saturated carbocycles. The highest BCUT2D eigenvalue weighted by atomic mass is 15.3. The second kappa shape index (κ2) is 8.23. The van der Waals surface area contributed by atoms with Gasteiger partial charge < -0.3 is 4.98 Å². The van der Waals surface area contributed by atoms with Crippen LogP contribution in [-0.2, 0) is 19.4 Å². The Bertz CT molecular complexity index is 813. The van der Waals surface area contributed by atoms with Crippen molar-refractivity contribution >= 4 is 0 Å². The van der Waals surface area contributed by atoms with Crippen LogP contribution in [0.4, 0.5) is 0 Å². The summed E-state index contributed by atoms with van der Waals surface area (Å²) in [7, 11) is 0. The first-order chi connectivity index (χ1) is 14.2. The van der Waals surface area contributed by atoms with Crippen molar-refractivity contribution in [2.24, 2.45) is 11.8 Å². The predicted octanol–water partition coefficient (Wildman–Crippen LogP) is 4.20. The van der Waals surface area contributed by atoms with E-state index in [0.29, 0.717) is 0 Å². The molecule has 3 fully saturated rings. The molecule has 1 N–H and O–H groups in total. The van der Waals surface area contributed by atoms with E-state index in [4.69, 9.17) is 4.98 Å². The Balaban J connectivity index is 1.27. The molecule has 0 amide bonds. The van der Waals surface area contributed by atoms with Crippen molar-refractivity contribution in [3.05, 3.63) is 53.1 Å². The molecule has 1 aromatic carbocycles. The SMILES string of the molecule is CCc1nc(CN2C[C@@H]3C[C@H](C2)[C@@H]2CCC[C@H](Cc4ccccc4)N2C3)c(C)[nH]1. The maximum absolute atomic E-state index is 4.85. The van der Waals surface area contributed by atoms with Crippen molar-refractivity contribution < 1.29 is 0 Å². The van der Waals surface area contributed by atoms with Crippen LogP contribution in [-0.4, -0.2) is 51.5 Å². The molecule has 0 radical (unpaired) electrons. The average molecular weight is 393 g/mol. The van der Waals surface area contributed by atoms with E-state index in [1.165, 1.54) is 68.7 Å². The van der Waals surface area contributed by atoms with Crippen LogP contribution in [0.5, 0.6) is 0 Å². The highest BCUT2D eigenvalue weighted by Crippen LogP contribution is 2.40. The van der Waals surface area contributed by atoms with Crippen LogP contribution < -0.4 is 0 Å². The van der Waals surface area contributed by atoms with Gasteiger partial charge in [0.05, 0.1) is 5.69 Å². The molecule has 2 bridgehead atoms. The summed E-state index contributed by atoms with van der Waals surface area (Å²) in [6.45, 7) is 9.18. The molecule has 2 aromatic rings. The molecule has 4 heteroatoms. The molecule has 3 aliphatic heterocycles. The zero-order chi connectivity index (χ0) is 19.8. The number of H-pyrrole nitrogens is 1. The number of nitrogens with one attached hydrogen (secondary N) is 1. The zero-order valence-electron chi connectivity index (χ0n) is 18.1. The Morgan fingerprint density at radius 1 is 1.10 bits per heavy atom. The molecule has 1 aromatic heterocycles. The first-order valence-electron chi connectivity index (χ1n) is 11.8. The maximum atomic E-state index is 4.85. The summed E-state index contributed by atoms with van der Waals surface area (Å²) in [6, 6.07) is 12.7. The van der Waals surface area contributed by atoms with Crippen molar-refractivity contribution in [2.75, 3.05) is 19.6 Å². The van der Waals surface area contributed by atoms with Crippen LogP contribution >= 0.6 is 0 Å². The normalized spacial score (nSPS) is 30.3. The summed E-state index contributed by atoms with van der Waals surface area (Å²) >= 11 is 0. The molecular weight excluding hydrogens is 356 g/mol. The summed E-state index contributed by atoms with van der Waals surface area (Å²) in [4.78, 5) is 14.0. The van der Waals surface area contributed by atoms with E-state index in [0.717, 1.165) is 42.7 Å². The van der Waals surface area contributed by atoms with Crippen LogP contribution in [0.2, 0.25) is 0 Å². The number of nitrogens with zero attached hydrogens (tertiary/aromatic N) is 3. The van der Waals surface area contributed by atoms with Gasteiger partial charge >= 0.3 is 0 Å². The summed E-state index contributed by atoms with van der Waals surface area (Å²) < 4.78 is 0. The van der Waals surface area contributed by atoms with Crippen LogP contribution in [0, 0.1) is 18.8 Å². The number of rotatable bonds is 5. The number of aromatic amines is 1. The largest absolute Gasteiger partial charge is 0.346 e. The minimum absolute atomic E-state index is 0.744. The molecule has 5 rings (SSSR count). The van der Waals surface area contributed by atoms with Gasteiger partial charge in [-0.05, 0) is 50.0 Å². The van der Waals surface area contributed by atoms with Crippen molar-refractivity contribution in [2.45, 2.75) is 71.0 Å². The Morgan fingerprint density at radius 3 is 2.76 bits per heavy atom. The lowest BCUT2D eigenvalue weighted by atomic mass is 9.74. The van der Waals surface area contributed by atoms with Crippen LogP contribution in [0.3, 0.4) is 0 Å². The topological polar surface area (TPSA) is 35.2 Å². The van der Waals surface area contributed by atoms with Crippen LogP contribution in [0.25, 0.3) is 0 Å². The van der Waals surface area contributed by atoms with E-state index in [1.54, 1.807) is 0 Å². The lowest BCUT2D eigenvalue weighted by Gasteiger charge is -2.55. The maximum Gasteiger partial charge on any atom is 0.106 e. The molecule has 4 heterocycles. The van der Waals surface area contributed by atoms with Gasteiger partial charge in [0.15, 0.2) is 0 Å². The molecule has 156 valence electrons. The van der Waals surface area contributed by atoms with Crippen molar-refractivity contribution in [1.82, 2.24) is 19.8 Å². The third-order valence-electron chi connectivity index (χ3n) is 7.65. The average Bonchev–Trinajstić information content (AvgIpc) is 3.09. The summed E-state index contributed by atoms with van der Waals surface area (Å²) in [5.74, 6) is 2.80. The highest BCUT2D eigenvalue weighted by Gasteiger charge is 2.44. The highest BCUT2D eigenvalue weighted by molar-refractivity contribution is 5.17. The number of aryl methyl sites for hydroxylation is 2. The third kappa shape index (κ3) is 4.02. The van der Waals surface area contributed by atoms with Gasteiger partial charge in [0, 0.05) is 50.4 Å². The van der Waals surface area contributed by atoms with Crippen molar-refractivity contribution in [3.8, 4) is 0 Å². The minimum atomic E-state index is 0.744. The number of hydrogen-bond acceptors (Lipinski definition) is 3. The van der Waals surface area contributed by atoms with Gasteiger partial charge in [-0.25, -0.2) is 4.98 Å². The van der Waals surface area contributed by atoms with Gasteiger partial charge in [0.1, 0.15) is 5.82 Å². The summed E-state index contributed by atoms with van der Waals surface area (Å²) in [6.07, 6.45) is 7.84. The number of likely N-dealkylation sites (tertiary alicyclic amines) is 1. The number of aromatic nitrogens is 2. The zero-order valence-corrected chi connectivity index (χ0v) is 18.1. The number of piperidine rings is 3. The smallest absolute Gasteiger partial charge is 0.106 e. The van der Waals surface area contributed by atoms with Crippen LogP contribution in [0.15, 0.2) is 30.3 Å². The Morgan fingerprint density at radius 2 is 1.97 bits per heavy atom. The standard InChI is InChI=1S/C25H36N4/c1-3-25-26-18(2)23(27-25)17-28-14-20-12-21(16-28)24-11-7-10-22(29(24)15-20)13-19-8-5-4-6-9-19/h4-6,8-9,20-22,24H,3,7,10-17H2,1-2H3,(H,26,27)/t20-,21+,22+,24-/m0/s1. The van der Waals surface area contributed by atoms with E-state index in [2.05, 4.69) is 59.0 Å². The minimum Gasteiger partial charge on any atom is -0.346 e. The number of imidazole rings is 1. The molecule has 4 nitrogen and oxygen atoms in total.